The van der Waals surface area contributed by atoms with Gasteiger partial charge in [0.25, 0.3) is 0 Å². The van der Waals surface area contributed by atoms with Crippen molar-refractivity contribution < 1.29 is 4.79 Å². The Balaban J connectivity index is 1.60. The quantitative estimate of drug-likeness (QED) is 0.350. The maximum Gasteiger partial charge on any atom is 0.222 e. The van der Waals surface area contributed by atoms with Crippen LogP contribution in [0.15, 0.2) is 36.5 Å². The lowest BCUT2D eigenvalue weighted by Gasteiger charge is -2.24. The summed E-state index contributed by atoms with van der Waals surface area (Å²) in [6.45, 7) is 9.83. The van der Waals surface area contributed by atoms with Gasteiger partial charge in [-0.15, -0.1) is 0 Å². The van der Waals surface area contributed by atoms with Gasteiger partial charge in [0.05, 0.1) is 17.3 Å². The monoisotopic (exact) mass is 476 g/mol. The molecule has 0 N–H and O–H groups in total. The molecular weight excluding hydrogens is 436 g/mol. The van der Waals surface area contributed by atoms with Gasteiger partial charge in [-0.05, 0) is 31.4 Å². The van der Waals surface area contributed by atoms with Crippen molar-refractivity contribution in [2.75, 3.05) is 31.1 Å². The third-order valence-electron chi connectivity index (χ3n) is 6.98. The SMILES string of the molecule is CCCCCCC(=O)N1CCCN(c2nc([C@@H](C)CCC)nc3c2cnn3-c2ccccc2)CC1. The zero-order chi connectivity index (χ0) is 24.6. The van der Waals surface area contributed by atoms with Crippen LogP contribution in [0.5, 0.6) is 0 Å². The molecule has 1 aromatic carbocycles. The lowest BCUT2D eigenvalue weighted by Crippen LogP contribution is -2.35. The maximum atomic E-state index is 12.8. The number of benzene rings is 1. The Bertz CT molecular complexity index is 1100. The number of carbonyl (C=O) groups excluding carboxylic acids is 1. The summed E-state index contributed by atoms with van der Waals surface area (Å²) in [5.41, 5.74) is 1.85. The summed E-state index contributed by atoms with van der Waals surface area (Å²) >= 11 is 0. The lowest BCUT2D eigenvalue weighted by atomic mass is 10.1. The van der Waals surface area contributed by atoms with Crippen molar-refractivity contribution in [2.24, 2.45) is 0 Å². The molecule has 35 heavy (non-hydrogen) atoms. The van der Waals surface area contributed by atoms with Crippen LogP contribution < -0.4 is 4.90 Å². The molecule has 7 nitrogen and oxygen atoms in total. The highest BCUT2D eigenvalue weighted by Crippen LogP contribution is 2.29. The van der Waals surface area contributed by atoms with Crippen molar-refractivity contribution in [3.63, 3.8) is 0 Å². The van der Waals surface area contributed by atoms with Crippen LogP contribution in [0.1, 0.15) is 83.9 Å². The molecule has 188 valence electrons. The molecule has 3 aromatic rings. The van der Waals surface area contributed by atoms with Crippen LogP contribution in [0.4, 0.5) is 5.82 Å². The Kier molecular flexibility index (Phi) is 8.72. The van der Waals surface area contributed by atoms with E-state index in [1.54, 1.807) is 0 Å². The van der Waals surface area contributed by atoms with Gasteiger partial charge in [0.15, 0.2) is 5.65 Å². The first kappa shape index (κ1) is 25.1. The second kappa shape index (κ2) is 12.1. The van der Waals surface area contributed by atoms with Crippen LogP contribution in [0.25, 0.3) is 16.7 Å². The summed E-state index contributed by atoms with van der Waals surface area (Å²) in [5.74, 6) is 2.40. The number of fused-ring (bicyclic) bond motifs is 1. The molecule has 0 spiro atoms. The average Bonchev–Trinajstić information content (AvgIpc) is 3.15. The first-order valence-corrected chi connectivity index (χ1v) is 13.5. The summed E-state index contributed by atoms with van der Waals surface area (Å²) < 4.78 is 1.92. The molecule has 0 bridgehead atoms. The Morgan fingerprint density at radius 3 is 2.57 bits per heavy atom. The van der Waals surface area contributed by atoms with E-state index >= 15 is 0 Å². The molecular formula is C28H40N6O. The molecule has 0 unspecified atom stereocenters. The van der Waals surface area contributed by atoms with Crippen molar-refractivity contribution in [1.82, 2.24) is 24.6 Å². The predicted octanol–water partition coefficient (Wildman–Crippen LogP) is 5.73. The zero-order valence-corrected chi connectivity index (χ0v) is 21.6. The van der Waals surface area contributed by atoms with Crippen molar-refractivity contribution in [3.05, 3.63) is 42.4 Å². The van der Waals surface area contributed by atoms with Gasteiger partial charge in [-0.2, -0.15) is 5.10 Å². The maximum absolute atomic E-state index is 12.8. The summed E-state index contributed by atoms with van der Waals surface area (Å²) in [6, 6.07) is 10.2. The fraction of sp³-hybridized carbons (Fsp3) is 0.571. The number of para-hydroxylation sites is 1. The van der Waals surface area contributed by atoms with Crippen LogP contribution in [0.2, 0.25) is 0 Å². The standard InChI is InChI=1S/C28H40N6O/c1-4-6-7-11-16-25(35)32-17-12-18-33(20-19-32)27-24-21-29-34(23-14-9-8-10-15-23)28(24)31-26(30-27)22(3)13-5-2/h8-10,14-15,21-22H,4-7,11-13,16-20H2,1-3H3/t22-/m0/s1. The smallest absolute Gasteiger partial charge is 0.222 e. The zero-order valence-electron chi connectivity index (χ0n) is 21.6. The van der Waals surface area contributed by atoms with E-state index in [9.17, 15) is 4.79 Å². The van der Waals surface area contributed by atoms with Gasteiger partial charge in [0.1, 0.15) is 11.6 Å². The molecule has 0 radical (unpaired) electrons. The third kappa shape index (κ3) is 6.00. The number of rotatable bonds is 10. The van der Waals surface area contributed by atoms with E-state index in [4.69, 9.17) is 15.1 Å². The van der Waals surface area contributed by atoms with E-state index < -0.39 is 0 Å². The molecule has 1 saturated heterocycles. The summed E-state index contributed by atoms with van der Waals surface area (Å²) in [6.07, 6.45) is 10.2. The van der Waals surface area contributed by atoms with Crippen LogP contribution in [-0.2, 0) is 4.79 Å². The molecule has 7 heteroatoms. The molecule has 4 rings (SSSR count). The van der Waals surface area contributed by atoms with Gasteiger partial charge < -0.3 is 9.80 Å². The fourth-order valence-corrected chi connectivity index (χ4v) is 4.93. The Morgan fingerprint density at radius 1 is 0.971 bits per heavy atom. The number of hydrogen-bond acceptors (Lipinski definition) is 5. The van der Waals surface area contributed by atoms with Crippen molar-refractivity contribution in [1.29, 1.82) is 0 Å². The van der Waals surface area contributed by atoms with E-state index in [1.165, 1.54) is 12.8 Å². The van der Waals surface area contributed by atoms with Gasteiger partial charge in [-0.1, -0.05) is 64.7 Å². The number of carbonyl (C=O) groups is 1. The first-order valence-electron chi connectivity index (χ1n) is 13.5. The molecule has 2 aromatic heterocycles. The molecule has 1 atom stereocenters. The number of nitrogens with zero attached hydrogens (tertiary/aromatic N) is 6. The molecule has 1 amide bonds. The van der Waals surface area contributed by atoms with Crippen LogP contribution in [-0.4, -0.2) is 56.7 Å². The number of amides is 1. The summed E-state index contributed by atoms with van der Waals surface area (Å²) in [4.78, 5) is 27.3. The highest BCUT2D eigenvalue weighted by Gasteiger charge is 2.24. The minimum atomic E-state index is 0.274. The molecule has 3 heterocycles. The van der Waals surface area contributed by atoms with Crippen LogP contribution in [0.3, 0.4) is 0 Å². The van der Waals surface area contributed by atoms with E-state index in [2.05, 4.69) is 42.7 Å². The lowest BCUT2D eigenvalue weighted by molar-refractivity contribution is -0.131. The second-order valence-corrected chi connectivity index (χ2v) is 9.76. The highest BCUT2D eigenvalue weighted by molar-refractivity contribution is 5.88. The van der Waals surface area contributed by atoms with E-state index in [1.807, 2.05) is 29.1 Å². The number of anilines is 1. The predicted molar refractivity (Wildman–Crippen MR) is 142 cm³/mol. The van der Waals surface area contributed by atoms with E-state index in [0.717, 1.165) is 86.6 Å². The fourth-order valence-electron chi connectivity index (χ4n) is 4.93. The number of aromatic nitrogens is 4. The van der Waals surface area contributed by atoms with Crippen molar-refractivity contribution in [2.45, 2.75) is 78.1 Å². The number of unbranched alkanes of at least 4 members (excludes halogenated alkanes) is 3. The first-order chi connectivity index (χ1) is 17.1. The van der Waals surface area contributed by atoms with Gasteiger partial charge >= 0.3 is 0 Å². The Labute approximate surface area is 209 Å². The Morgan fingerprint density at radius 2 is 1.80 bits per heavy atom. The topological polar surface area (TPSA) is 67.2 Å². The van der Waals surface area contributed by atoms with E-state index in [0.29, 0.717) is 12.3 Å². The normalized spacial score (nSPS) is 15.4. The van der Waals surface area contributed by atoms with Gasteiger partial charge in [-0.25, -0.2) is 14.6 Å². The third-order valence-corrected chi connectivity index (χ3v) is 6.98. The summed E-state index contributed by atoms with van der Waals surface area (Å²) in [7, 11) is 0. The summed E-state index contributed by atoms with van der Waals surface area (Å²) in [5, 5.41) is 5.68. The van der Waals surface area contributed by atoms with E-state index in [-0.39, 0.29) is 5.92 Å². The molecule has 1 aliphatic heterocycles. The molecule has 0 saturated carbocycles. The van der Waals surface area contributed by atoms with Crippen molar-refractivity contribution in [3.8, 4) is 5.69 Å². The van der Waals surface area contributed by atoms with Gasteiger partial charge in [0.2, 0.25) is 5.91 Å². The molecule has 0 aliphatic carbocycles. The minimum absolute atomic E-state index is 0.274. The average molecular weight is 477 g/mol. The highest BCUT2D eigenvalue weighted by atomic mass is 16.2. The van der Waals surface area contributed by atoms with Gasteiger partial charge in [-0.3, -0.25) is 4.79 Å². The minimum Gasteiger partial charge on any atom is -0.354 e. The molecule has 1 fully saturated rings. The Hall–Kier alpha value is -2.96. The number of hydrogen-bond donors (Lipinski definition) is 0. The second-order valence-electron chi connectivity index (χ2n) is 9.76. The molecule has 1 aliphatic rings. The van der Waals surface area contributed by atoms with Crippen LogP contribution >= 0.6 is 0 Å². The van der Waals surface area contributed by atoms with Gasteiger partial charge in [0, 0.05) is 38.5 Å². The largest absolute Gasteiger partial charge is 0.354 e. The van der Waals surface area contributed by atoms with Crippen LogP contribution in [0, 0.1) is 0 Å². The van der Waals surface area contributed by atoms with Crippen molar-refractivity contribution >= 4 is 22.8 Å².